The number of aromatic nitrogens is 1. The fourth-order valence-corrected chi connectivity index (χ4v) is 2.11. The van der Waals surface area contributed by atoms with E-state index in [4.69, 9.17) is 16.3 Å². The van der Waals surface area contributed by atoms with Crippen molar-refractivity contribution in [3.05, 3.63) is 58.6 Å². The number of nitrogens with zero attached hydrogens (tertiary/aromatic N) is 2. The summed E-state index contributed by atoms with van der Waals surface area (Å²) in [7, 11) is 3.02. The van der Waals surface area contributed by atoms with Crippen LogP contribution in [0.25, 0.3) is 0 Å². The number of carbonyl (C=O) groups is 1. The third kappa shape index (κ3) is 3.49. The van der Waals surface area contributed by atoms with E-state index in [1.165, 1.54) is 30.3 Å². The molecule has 0 bridgehead atoms. The minimum absolute atomic E-state index is 0.148. The van der Waals surface area contributed by atoms with Crippen molar-refractivity contribution in [3.8, 4) is 5.75 Å². The fourth-order valence-electron chi connectivity index (χ4n) is 1.91. The second-order valence-electron chi connectivity index (χ2n) is 4.47. The lowest BCUT2D eigenvalue weighted by molar-refractivity contribution is 0.0784. The molecule has 1 aromatic heterocycles. The fraction of sp³-hybridized carbons (Fsp3) is 0.200. The molecule has 0 fully saturated rings. The summed E-state index contributed by atoms with van der Waals surface area (Å²) >= 11 is 5.90. The Morgan fingerprint density at radius 2 is 2.19 bits per heavy atom. The van der Waals surface area contributed by atoms with E-state index in [2.05, 4.69) is 4.98 Å². The topological polar surface area (TPSA) is 42.4 Å². The zero-order valence-electron chi connectivity index (χ0n) is 11.6. The number of ether oxygens (including phenoxy) is 1. The van der Waals surface area contributed by atoms with E-state index in [1.54, 1.807) is 25.2 Å². The first-order chi connectivity index (χ1) is 10.0. The van der Waals surface area contributed by atoms with Gasteiger partial charge >= 0.3 is 0 Å². The quantitative estimate of drug-likeness (QED) is 0.815. The second-order valence-corrected chi connectivity index (χ2v) is 4.83. The van der Waals surface area contributed by atoms with Crippen molar-refractivity contribution in [1.82, 2.24) is 9.88 Å². The van der Waals surface area contributed by atoms with Gasteiger partial charge in [0.1, 0.15) is 5.15 Å². The number of amides is 1. The van der Waals surface area contributed by atoms with Crippen LogP contribution in [0.1, 0.15) is 15.9 Å². The van der Waals surface area contributed by atoms with Crippen LogP contribution in [0.5, 0.6) is 5.75 Å². The molecule has 0 radical (unpaired) electrons. The first kappa shape index (κ1) is 15.3. The summed E-state index contributed by atoms with van der Waals surface area (Å²) in [4.78, 5) is 17.6. The van der Waals surface area contributed by atoms with Gasteiger partial charge in [0, 0.05) is 19.8 Å². The third-order valence-electron chi connectivity index (χ3n) is 2.97. The minimum Gasteiger partial charge on any atom is -0.494 e. The predicted octanol–water partition coefficient (Wildman–Crippen LogP) is 3.15. The zero-order valence-corrected chi connectivity index (χ0v) is 12.4. The molecular weight excluding hydrogens is 295 g/mol. The molecule has 21 heavy (non-hydrogen) atoms. The highest BCUT2D eigenvalue weighted by Gasteiger charge is 2.16. The molecule has 6 heteroatoms. The van der Waals surface area contributed by atoms with Gasteiger partial charge in [0.2, 0.25) is 0 Å². The number of methoxy groups -OCH3 is 1. The van der Waals surface area contributed by atoms with Gasteiger partial charge in [0.15, 0.2) is 11.6 Å². The van der Waals surface area contributed by atoms with Gasteiger partial charge in [-0.15, -0.1) is 0 Å². The highest BCUT2D eigenvalue weighted by Crippen LogP contribution is 2.20. The molecule has 0 aliphatic rings. The third-order valence-corrected chi connectivity index (χ3v) is 3.27. The number of benzene rings is 1. The van der Waals surface area contributed by atoms with Gasteiger partial charge in [-0.1, -0.05) is 17.7 Å². The van der Waals surface area contributed by atoms with E-state index >= 15 is 0 Å². The van der Waals surface area contributed by atoms with Gasteiger partial charge in [0.25, 0.3) is 5.91 Å². The van der Waals surface area contributed by atoms with Crippen molar-refractivity contribution >= 4 is 17.5 Å². The molecule has 0 aliphatic carbocycles. The number of pyridine rings is 1. The van der Waals surface area contributed by atoms with Gasteiger partial charge in [-0.3, -0.25) is 4.79 Å². The number of halogens is 2. The minimum atomic E-state index is -0.463. The predicted molar refractivity (Wildman–Crippen MR) is 78.0 cm³/mol. The molecule has 4 nitrogen and oxygen atoms in total. The van der Waals surface area contributed by atoms with Crippen molar-refractivity contribution in [2.24, 2.45) is 0 Å². The first-order valence-corrected chi connectivity index (χ1v) is 6.59. The van der Waals surface area contributed by atoms with Gasteiger partial charge in [-0.25, -0.2) is 9.37 Å². The maximum Gasteiger partial charge on any atom is 0.257 e. The van der Waals surface area contributed by atoms with E-state index in [0.717, 1.165) is 0 Å². The van der Waals surface area contributed by atoms with Crippen LogP contribution in [0.4, 0.5) is 4.39 Å². The van der Waals surface area contributed by atoms with Crippen LogP contribution in [-0.2, 0) is 6.54 Å². The SMILES string of the molecule is COc1ccc(CN(C)C(=O)c2cccnc2Cl)cc1F. The van der Waals surface area contributed by atoms with Crippen LogP contribution in [-0.4, -0.2) is 29.9 Å². The maximum absolute atomic E-state index is 13.6. The van der Waals surface area contributed by atoms with Crippen LogP contribution in [0.15, 0.2) is 36.5 Å². The molecule has 0 unspecified atom stereocenters. The molecular formula is C15H14ClFN2O2. The van der Waals surface area contributed by atoms with Crippen molar-refractivity contribution in [2.75, 3.05) is 14.2 Å². The van der Waals surface area contributed by atoms with Crippen molar-refractivity contribution < 1.29 is 13.9 Å². The number of carbonyl (C=O) groups excluding carboxylic acids is 1. The Labute approximate surface area is 127 Å². The molecule has 1 aromatic carbocycles. The molecule has 1 amide bonds. The van der Waals surface area contributed by atoms with Crippen molar-refractivity contribution in [1.29, 1.82) is 0 Å². The number of hydrogen-bond acceptors (Lipinski definition) is 3. The van der Waals surface area contributed by atoms with Gasteiger partial charge in [0.05, 0.1) is 12.7 Å². The molecule has 0 N–H and O–H groups in total. The van der Waals surface area contributed by atoms with Crippen LogP contribution < -0.4 is 4.74 Å². The van der Waals surface area contributed by atoms with Gasteiger partial charge in [-0.2, -0.15) is 0 Å². The molecule has 0 saturated heterocycles. The van der Waals surface area contributed by atoms with E-state index in [1.807, 2.05) is 0 Å². The number of hydrogen-bond donors (Lipinski definition) is 0. The van der Waals surface area contributed by atoms with Crippen LogP contribution in [0.2, 0.25) is 5.15 Å². The molecule has 110 valence electrons. The van der Waals surface area contributed by atoms with Crippen molar-refractivity contribution in [2.45, 2.75) is 6.54 Å². The summed E-state index contributed by atoms with van der Waals surface area (Å²) in [5.41, 5.74) is 0.972. The molecule has 0 spiro atoms. The summed E-state index contributed by atoms with van der Waals surface area (Å²) in [6, 6.07) is 7.81. The molecule has 1 heterocycles. The number of rotatable bonds is 4. The summed E-state index contributed by atoms with van der Waals surface area (Å²) in [6.07, 6.45) is 1.51. The summed E-state index contributed by atoms with van der Waals surface area (Å²) < 4.78 is 18.5. The Hall–Kier alpha value is -2.14. The smallest absolute Gasteiger partial charge is 0.257 e. The van der Waals surface area contributed by atoms with Crippen LogP contribution in [0.3, 0.4) is 0 Å². The monoisotopic (exact) mass is 308 g/mol. The van der Waals surface area contributed by atoms with Crippen LogP contribution >= 0.6 is 11.6 Å². The zero-order chi connectivity index (χ0) is 15.4. The van der Waals surface area contributed by atoms with E-state index in [9.17, 15) is 9.18 Å². The average molecular weight is 309 g/mol. The first-order valence-electron chi connectivity index (χ1n) is 6.21. The Bertz CT molecular complexity index is 664. The Morgan fingerprint density at radius 3 is 2.81 bits per heavy atom. The summed E-state index contributed by atoms with van der Waals surface area (Å²) in [5, 5.41) is 0.148. The van der Waals surface area contributed by atoms with Gasteiger partial charge < -0.3 is 9.64 Å². The molecule has 2 aromatic rings. The van der Waals surface area contributed by atoms with E-state index < -0.39 is 5.82 Å². The molecule has 0 saturated carbocycles. The van der Waals surface area contributed by atoms with E-state index in [-0.39, 0.29) is 23.4 Å². The standard InChI is InChI=1S/C15H14ClFN2O2/c1-19(15(20)11-4-3-7-18-14(11)16)9-10-5-6-13(21-2)12(17)8-10/h3-8H,9H2,1-2H3. The van der Waals surface area contributed by atoms with Gasteiger partial charge in [-0.05, 0) is 29.8 Å². The largest absolute Gasteiger partial charge is 0.494 e. The molecule has 0 aliphatic heterocycles. The second kappa shape index (κ2) is 6.54. The highest BCUT2D eigenvalue weighted by atomic mass is 35.5. The summed E-state index contributed by atoms with van der Waals surface area (Å²) in [5.74, 6) is -0.567. The lowest BCUT2D eigenvalue weighted by Gasteiger charge is -2.18. The lowest BCUT2D eigenvalue weighted by Crippen LogP contribution is -2.26. The van der Waals surface area contributed by atoms with E-state index in [0.29, 0.717) is 11.1 Å². The molecule has 0 atom stereocenters. The Morgan fingerprint density at radius 1 is 1.43 bits per heavy atom. The Kier molecular flexibility index (Phi) is 4.75. The Balaban J connectivity index is 2.14. The summed E-state index contributed by atoms with van der Waals surface area (Å²) in [6.45, 7) is 0.255. The molecule has 2 rings (SSSR count). The lowest BCUT2D eigenvalue weighted by atomic mass is 10.2. The maximum atomic E-state index is 13.6. The van der Waals surface area contributed by atoms with Crippen molar-refractivity contribution in [3.63, 3.8) is 0 Å². The normalized spacial score (nSPS) is 10.3. The van der Waals surface area contributed by atoms with Crippen LogP contribution in [0, 0.1) is 5.82 Å². The average Bonchev–Trinajstić information content (AvgIpc) is 2.47. The highest BCUT2D eigenvalue weighted by molar-refractivity contribution is 6.32.